The van der Waals surface area contributed by atoms with Gasteiger partial charge in [0.15, 0.2) is 10.4 Å². The molecule has 1 aromatic rings. The summed E-state index contributed by atoms with van der Waals surface area (Å²) in [4.78, 5) is 12.9. The minimum Gasteiger partial charge on any atom is -0.446 e. The van der Waals surface area contributed by atoms with E-state index in [-0.39, 0.29) is 11.2 Å². The highest BCUT2D eigenvalue weighted by molar-refractivity contribution is 9.10. The third-order valence-corrected chi connectivity index (χ3v) is 6.06. The molecular weight excluding hydrogens is 304 g/mol. The summed E-state index contributed by atoms with van der Waals surface area (Å²) in [5, 5.41) is 0. The number of Topliss-reactive ketones (excluding diaryl/α,β-unsaturated/α-hetero) is 1. The summed E-state index contributed by atoms with van der Waals surface area (Å²) in [5.41, 5.74) is 0.291. The number of rotatable bonds is 2. The standard InChI is InChI=1S/C16H19BrO2/c1-15-5-10-4-11(6-15)8-16(7-10,9-15)14(18)12-2-3-13(17)19-12/h2-3,10-11H,4-9H2,1H3. The van der Waals surface area contributed by atoms with Gasteiger partial charge in [-0.1, -0.05) is 6.92 Å². The van der Waals surface area contributed by atoms with E-state index in [0.29, 0.717) is 15.8 Å². The highest BCUT2D eigenvalue weighted by atomic mass is 79.9. The molecule has 2 unspecified atom stereocenters. The minimum absolute atomic E-state index is 0.115. The first-order valence-electron chi connectivity index (χ1n) is 7.28. The Balaban J connectivity index is 1.72. The predicted molar refractivity (Wildman–Crippen MR) is 76.0 cm³/mol. The van der Waals surface area contributed by atoms with Gasteiger partial charge in [0, 0.05) is 5.41 Å². The van der Waals surface area contributed by atoms with Gasteiger partial charge in [0.25, 0.3) is 0 Å². The maximum Gasteiger partial charge on any atom is 0.204 e. The average molecular weight is 323 g/mol. The number of hydrogen-bond donors (Lipinski definition) is 0. The number of halogens is 1. The number of ketones is 1. The maximum absolute atomic E-state index is 12.9. The molecule has 4 bridgehead atoms. The van der Waals surface area contributed by atoms with E-state index in [9.17, 15) is 4.79 Å². The van der Waals surface area contributed by atoms with Gasteiger partial charge in [0.2, 0.25) is 5.78 Å². The molecule has 4 aliphatic rings. The molecule has 19 heavy (non-hydrogen) atoms. The predicted octanol–water partition coefficient (Wildman–Crippen LogP) is 4.83. The van der Waals surface area contributed by atoms with Crippen molar-refractivity contribution >= 4 is 21.7 Å². The summed E-state index contributed by atoms with van der Waals surface area (Å²) < 4.78 is 6.19. The fraction of sp³-hybridized carbons (Fsp3) is 0.688. The quantitative estimate of drug-likeness (QED) is 0.730. The molecule has 0 N–H and O–H groups in total. The van der Waals surface area contributed by atoms with Crippen LogP contribution in [0.25, 0.3) is 0 Å². The zero-order valence-electron chi connectivity index (χ0n) is 11.2. The summed E-state index contributed by atoms with van der Waals surface area (Å²) in [7, 11) is 0. The van der Waals surface area contributed by atoms with Crippen molar-refractivity contribution in [1.82, 2.24) is 0 Å². The Hall–Kier alpha value is -0.570. The van der Waals surface area contributed by atoms with E-state index in [2.05, 4.69) is 22.9 Å². The van der Waals surface area contributed by atoms with Crippen LogP contribution < -0.4 is 0 Å². The summed E-state index contributed by atoms with van der Waals surface area (Å²) >= 11 is 3.30. The van der Waals surface area contributed by atoms with Gasteiger partial charge in [-0.15, -0.1) is 0 Å². The summed E-state index contributed by atoms with van der Waals surface area (Å²) in [6, 6.07) is 3.66. The van der Waals surface area contributed by atoms with E-state index in [1.807, 2.05) is 12.1 Å². The second kappa shape index (κ2) is 3.75. The first kappa shape index (κ1) is 12.2. The molecule has 4 saturated carbocycles. The van der Waals surface area contributed by atoms with Crippen molar-refractivity contribution in [3.8, 4) is 0 Å². The second-order valence-electron chi connectivity index (χ2n) is 7.48. The molecule has 2 nitrogen and oxygen atoms in total. The molecule has 0 radical (unpaired) electrons. The summed E-state index contributed by atoms with van der Waals surface area (Å²) in [6.45, 7) is 2.39. The van der Waals surface area contributed by atoms with E-state index < -0.39 is 0 Å². The zero-order chi connectivity index (χ0) is 13.3. The van der Waals surface area contributed by atoms with Crippen molar-refractivity contribution < 1.29 is 9.21 Å². The molecular formula is C16H19BrO2. The Bertz CT molecular complexity index is 531. The molecule has 5 rings (SSSR count). The van der Waals surface area contributed by atoms with E-state index in [1.165, 1.54) is 19.3 Å². The Labute approximate surface area is 122 Å². The highest BCUT2D eigenvalue weighted by Crippen LogP contribution is 2.65. The molecule has 102 valence electrons. The van der Waals surface area contributed by atoms with Gasteiger partial charge in [-0.05, 0) is 83.8 Å². The van der Waals surface area contributed by atoms with Crippen LogP contribution in [0, 0.1) is 22.7 Å². The largest absolute Gasteiger partial charge is 0.446 e. The normalized spacial score (nSPS) is 43.7. The van der Waals surface area contributed by atoms with Crippen molar-refractivity contribution in [2.45, 2.75) is 45.4 Å². The topological polar surface area (TPSA) is 30.2 Å². The highest BCUT2D eigenvalue weighted by Gasteiger charge is 2.59. The molecule has 1 heterocycles. The average Bonchev–Trinajstić information content (AvgIpc) is 2.71. The van der Waals surface area contributed by atoms with Crippen LogP contribution in [-0.4, -0.2) is 5.78 Å². The third-order valence-electron chi connectivity index (χ3n) is 5.63. The lowest BCUT2D eigenvalue weighted by atomic mass is 9.43. The Morgan fingerprint density at radius 1 is 1.26 bits per heavy atom. The number of carbonyl (C=O) groups is 1. The third kappa shape index (κ3) is 1.77. The van der Waals surface area contributed by atoms with Crippen LogP contribution in [0.3, 0.4) is 0 Å². The van der Waals surface area contributed by atoms with Crippen LogP contribution in [0.15, 0.2) is 21.2 Å². The van der Waals surface area contributed by atoms with Crippen molar-refractivity contribution in [3.05, 3.63) is 22.6 Å². The lowest BCUT2D eigenvalue weighted by molar-refractivity contribution is -0.0828. The fourth-order valence-electron chi connectivity index (χ4n) is 5.68. The first-order chi connectivity index (χ1) is 8.98. The van der Waals surface area contributed by atoms with Crippen molar-refractivity contribution in [2.24, 2.45) is 22.7 Å². The summed E-state index contributed by atoms with van der Waals surface area (Å²) in [6.07, 6.45) is 7.28. The lowest BCUT2D eigenvalue weighted by Crippen LogP contribution is -2.53. The zero-order valence-corrected chi connectivity index (χ0v) is 12.8. The van der Waals surface area contributed by atoms with Gasteiger partial charge in [-0.25, -0.2) is 0 Å². The van der Waals surface area contributed by atoms with E-state index in [4.69, 9.17) is 4.42 Å². The first-order valence-corrected chi connectivity index (χ1v) is 8.08. The Kier molecular flexibility index (Phi) is 2.41. The van der Waals surface area contributed by atoms with Crippen LogP contribution in [-0.2, 0) is 0 Å². The molecule has 3 heteroatoms. The molecule has 4 aliphatic carbocycles. The van der Waals surface area contributed by atoms with Gasteiger partial charge in [-0.2, -0.15) is 0 Å². The number of hydrogen-bond acceptors (Lipinski definition) is 2. The fourth-order valence-corrected chi connectivity index (χ4v) is 5.99. The second-order valence-corrected chi connectivity index (χ2v) is 8.27. The molecule has 0 amide bonds. The van der Waals surface area contributed by atoms with Crippen molar-refractivity contribution in [1.29, 1.82) is 0 Å². The minimum atomic E-state index is -0.115. The molecule has 1 aromatic heterocycles. The smallest absolute Gasteiger partial charge is 0.204 e. The van der Waals surface area contributed by atoms with E-state index in [1.54, 1.807) is 0 Å². The number of furan rings is 1. The van der Waals surface area contributed by atoms with Crippen molar-refractivity contribution in [2.75, 3.05) is 0 Å². The van der Waals surface area contributed by atoms with Gasteiger partial charge in [-0.3, -0.25) is 4.79 Å². The van der Waals surface area contributed by atoms with Gasteiger partial charge in [0.05, 0.1) is 0 Å². The molecule has 2 atom stereocenters. The number of carbonyl (C=O) groups excluding carboxylic acids is 1. The monoisotopic (exact) mass is 322 g/mol. The van der Waals surface area contributed by atoms with E-state index in [0.717, 1.165) is 31.1 Å². The lowest BCUT2D eigenvalue weighted by Gasteiger charge is -2.60. The molecule has 0 aromatic carbocycles. The summed E-state index contributed by atoms with van der Waals surface area (Å²) in [5.74, 6) is 2.36. The maximum atomic E-state index is 12.9. The molecule has 4 fully saturated rings. The van der Waals surface area contributed by atoms with Gasteiger partial charge >= 0.3 is 0 Å². The van der Waals surface area contributed by atoms with Crippen LogP contribution in [0.4, 0.5) is 0 Å². The molecule has 0 spiro atoms. The van der Waals surface area contributed by atoms with E-state index >= 15 is 0 Å². The van der Waals surface area contributed by atoms with Gasteiger partial charge in [0.1, 0.15) is 0 Å². The van der Waals surface area contributed by atoms with Crippen molar-refractivity contribution in [3.63, 3.8) is 0 Å². The SMILES string of the molecule is CC12CC3CC(C1)CC(C(=O)c1ccc(Br)o1)(C3)C2. The Morgan fingerprint density at radius 2 is 1.95 bits per heavy atom. The van der Waals surface area contributed by atoms with Crippen LogP contribution in [0.5, 0.6) is 0 Å². The van der Waals surface area contributed by atoms with Crippen LogP contribution in [0.2, 0.25) is 0 Å². The molecule has 0 saturated heterocycles. The van der Waals surface area contributed by atoms with Crippen LogP contribution >= 0.6 is 15.9 Å². The molecule has 0 aliphatic heterocycles. The van der Waals surface area contributed by atoms with Gasteiger partial charge < -0.3 is 4.42 Å². The Morgan fingerprint density at radius 3 is 2.47 bits per heavy atom. The van der Waals surface area contributed by atoms with Crippen LogP contribution in [0.1, 0.15) is 56.0 Å².